The molecule has 1 radical (unpaired) electrons. The maximum atomic E-state index is 5.56. The van der Waals surface area contributed by atoms with E-state index >= 15 is 0 Å². The quantitative estimate of drug-likeness (QED) is 0.622. The van der Waals surface area contributed by atoms with E-state index in [1.807, 2.05) is 18.2 Å². The van der Waals surface area contributed by atoms with Crippen molar-refractivity contribution in [3.63, 3.8) is 0 Å². The summed E-state index contributed by atoms with van der Waals surface area (Å²) in [5.74, 6) is 0.943. The Bertz CT molecular complexity index is 649. The number of aryl methyl sites for hydroxylation is 1. The number of fused-ring (bicyclic) bond motifs is 1. The first kappa shape index (κ1) is 10.2. The maximum absolute atomic E-state index is 5.56. The van der Waals surface area contributed by atoms with Crippen molar-refractivity contribution in [2.24, 2.45) is 0 Å². The summed E-state index contributed by atoms with van der Waals surface area (Å²) in [5, 5.41) is 2.34. The average molecular weight is 221 g/mol. The second-order valence-electron chi connectivity index (χ2n) is 4.09. The van der Waals surface area contributed by atoms with Crippen LogP contribution in [0.1, 0.15) is 12.5 Å². The number of rotatable bonds is 2. The van der Waals surface area contributed by atoms with Crippen LogP contribution in [0.5, 0.6) is 0 Å². The molecule has 0 bridgehead atoms. The summed E-state index contributed by atoms with van der Waals surface area (Å²) in [7, 11) is 0. The van der Waals surface area contributed by atoms with Crippen molar-refractivity contribution < 1.29 is 4.42 Å². The molecule has 0 aliphatic heterocycles. The Morgan fingerprint density at radius 2 is 1.94 bits per heavy atom. The molecule has 0 N–H and O–H groups in total. The van der Waals surface area contributed by atoms with Crippen LogP contribution in [0.3, 0.4) is 0 Å². The second kappa shape index (κ2) is 4.10. The van der Waals surface area contributed by atoms with Gasteiger partial charge in [0.05, 0.1) is 6.26 Å². The minimum atomic E-state index is 0.943. The van der Waals surface area contributed by atoms with Gasteiger partial charge in [-0.1, -0.05) is 37.3 Å². The fourth-order valence-corrected chi connectivity index (χ4v) is 2.10. The topological polar surface area (TPSA) is 13.1 Å². The molecule has 0 atom stereocenters. The van der Waals surface area contributed by atoms with Crippen LogP contribution in [0.4, 0.5) is 0 Å². The summed E-state index contributed by atoms with van der Waals surface area (Å²) in [6.07, 6.45) is 2.73. The summed E-state index contributed by atoms with van der Waals surface area (Å²) in [5.41, 5.74) is 2.27. The minimum Gasteiger partial charge on any atom is -0.464 e. The molecule has 0 aliphatic rings. The highest BCUT2D eigenvalue weighted by molar-refractivity contribution is 5.86. The third kappa shape index (κ3) is 1.74. The van der Waals surface area contributed by atoms with Gasteiger partial charge in [0, 0.05) is 11.6 Å². The van der Waals surface area contributed by atoms with Crippen molar-refractivity contribution in [2.45, 2.75) is 13.3 Å². The lowest BCUT2D eigenvalue weighted by atomic mass is 10.0. The van der Waals surface area contributed by atoms with Gasteiger partial charge in [0.25, 0.3) is 0 Å². The Morgan fingerprint density at radius 1 is 1.06 bits per heavy atom. The number of furan rings is 1. The molecule has 0 saturated carbocycles. The highest BCUT2D eigenvalue weighted by Crippen LogP contribution is 2.27. The van der Waals surface area contributed by atoms with Crippen LogP contribution in [-0.2, 0) is 6.42 Å². The van der Waals surface area contributed by atoms with E-state index in [-0.39, 0.29) is 0 Å². The van der Waals surface area contributed by atoms with Crippen LogP contribution in [0.15, 0.2) is 53.1 Å². The van der Waals surface area contributed by atoms with E-state index < -0.39 is 0 Å². The Balaban J connectivity index is 2.18. The largest absolute Gasteiger partial charge is 0.464 e. The zero-order valence-electron chi connectivity index (χ0n) is 9.73. The molecule has 83 valence electrons. The Kier molecular flexibility index (Phi) is 2.45. The molecule has 0 fully saturated rings. The normalized spacial score (nSPS) is 10.9. The van der Waals surface area contributed by atoms with E-state index in [0.29, 0.717) is 0 Å². The third-order valence-electron chi connectivity index (χ3n) is 3.03. The molecule has 3 aromatic rings. The van der Waals surface area contributed by atoms with Crippen molar-refractivity contribution in [3.05, 3.63) is 60.4 Å². The molecule has 2 aromatic carbocycles. The van der Waals surface area contributed by atoms with Crippen molar-refractivity contribution in [1.29, 1.82) is 0 Å². The summed E-state index contributed by atoms with van der Waals surface area (Å²) < 4.78 is 5.56. The van der Waals surface area contributed by atoms with Gasteiger partial charge in [0.1, 0.15) is 5.76 Å². The second-order valence-corrected chi connectivity index (χ2v) is 4.09. The molecule has 0 saturated heterocycles. The van der Waals surface area contributed by atoms with E-state index in [9.17, 15) is 0 Å². The van der Waals surface area contributed by atoms with Crippen LogP contribution in [0.2, 0.25) is 0 Å². The summed E-state index contributed by atoms with van der Waals surface area (Å²) in [6.45, 7) is 2.13. The van der Waals surface area contributed by atoms with E-state index in [1.54, 1.807) is 6.26 Å². The van der Waals surface area contributed by atoms with Crippen LogP contribution in [0, 0.1) is 6.07 Å². The van der Waals surface area contributed by atoms with Crippen molar-refractivity contribution >= 4 is 10.8 Å². The van der Waals surface area contributed by atoms with Crippen molar-refractivity contribution in [2.75, 3.05) is 0 Å². The molecular formula is C16H13O. The smallest absolute Gasteiger partial charge is 0.137 e. The SMILES string of the molecule is CCc1ccoc1-c1[c]c2ccccc2cc1. The average Bonchev–Trinajstić information content (AvgIpc) is 2.86. The van der Waals surface area contributed by atoms with Crippen LogP contribution in [0.25, 0.3) is 22.1 Å². The predicted octanol–water partition coefficient (Wildman–Crippen LogP) is 4.46. The van der Waals surface area contributed by atoms with E-state index in [4.69, 9.17) is 4.42 Å². The lowest BCUT2D eigenvalue weighted by Crippen LogP contribution is -1.82. The van der Waals surface area contributed by atoms with E-state index in [0.717, 1.165) is 23.1 Å². The third-order valence-corrected chi connectivity index (χ3v) is 3.03. The standard InChI is InChI=1S/C16H13O/c1-2-12-9-10-17-16(12)15-8-7-13-5-3-4-6-14(13)11-15/h3-10H,2H2,1H3. The molecule has 1 nitrogen and oxygen atoms in total. The molecule has 1 heteroatoms. The molecule has 0 amide bonds. The fourth-order valence-electron chi connectivity index (χ4n) is 2.10. The molecule has 0 aliphatic carbocycles. The fraction of sp³-hybridized carbons (Fsp3) is 0.125. The first-order chi connectivity index (χ1) is 8.38. The number of benzene rings is 2. The van der Waals surface area contributed by atoms with Gasteiger partial charge in [-0.05, 0) is 34.9 Å². The van der Waals surface area contributed by atoms with Gasteiger partial charge < -0.3 is 4.42 Å². The maximum Gasteiger partial charge on any atom is 0.137 e. The zero-order valence-corrected chi connectivity index (χ0v) is 9.73. The lowest BCUT2D eigenvalue weighted by molar-refractivity contribution is 0.580. The summed E-state index contributed by atoms with van der Waals surface area (Å²) in [4.78, 5) is 0. The zero-order chi connectivity index (χ0) is 11.7. The highest BCUT2D eigenvalue weighted by Gasteiger charge is 2.08. The number of hydrogen-bond donors (Lipinski definition) is 0. The molecule has 3 rings (SSSR count). The van der Waals surface area contributed by atoms with Crippen LogP contribution in [-0.4, -0.2) is 0 Å². The molecule has 0 spiro atoms. The van der Waals surface area contributed by atoms with Gasteiger partial charge in [0.2, 0.25) is 0 Å². The van der Waals surface area contributed by atoms with Crippen LogP contribution < -0.4 is 0 Å². The van der Waals surface area contributed by atoms with Gasteiger partial charge in [-0.15, -0.1) is 0 Å². The minimum absolute atomic E-state index is 0.943. The molecular weight excluding hydrogens is 208 g/mol. The van der Waals surface area contributed by atoms with Crippen molar-refractivity contribution in [1.82, 2.24) is 0 Å². The summed E-state index contributed by atoms with van der Waals surface area (Å²) >= 11 is 0. The molecule has 1 aromatic heterocycles. The first-order valence-corrected chi connectivity index (χ1v) is 5.86. The first-order valence-electron chi connectivity index (χ1n) is 5.86. The van der Waals surface area contributed by atoms with Gasteiger partial charge in [0.15, 0.2) is 0 Å². The Morgan fingerprint density at radius 3 is 2.82 bits per heavy atom. The van der Waals surface area contributed by atoms with Gasteiger partial charge in [-0.3, -0.25) is 0 Å². The van der Waals surface area contributed by atoms with Gasteiger partial charge >= 0.3 is 0 Å². The van der Waals surface area contributed by atoms with Gasteiger partial charge in [-0.2, -0.15) is 0 Å². The lowest BCUT2D eigenvalue weighted by Gasteiger charge is -2.02. The molecule has 1 heterocycles. The van der Waals surface area contributed by atoms with E-state index in [1.165, 1.54) is 10.9 Å². The Labute approximate surface area is 101 Å². The van der Waals surface area contributed by atoms with Crippen molar-refractivity contribution in [3.8, 4) is 11.3 Å². The van der Waals surface area contributed by atoms with Gasteiger partial charge in [-0.25, -0.2) is 0 Å². The Hall–Kier alpha value is -2.02. The molecule has 0 unspecified atom stereocenters. The van der Waals surface area contributed by atoms with E-state index in [2.05, 4.69) is 37.3 Å². The van der Waals surface area contributed by atoms with Crippen LogP contribution >= 0.6 is 0 Å². The molecule has 17 heavy (non-hydrogen) atoms. The summed E-state index contributed by atoms with van der Waals surface area (Å²) in [6, 6.07) is 17.9. The monoisotopic (exact) mass is 221 g/mol. The predicted molar refractivity (Wildman–Crippen MR) is 69.9 cm³/mol. The highest BCUT2D eigenvalue weighted by atomic mass is 16.3. The number of hydrogen-bond acceptors (Lipinski definition) is 1.